The minimum atomic E-state index is 0.385. The van der Waals surface area contributed by atoms with Crippen molar-refractivity contribution in [3.8, 4) is 23.1 Å². The molecule has 166 valence electrons. The summed E-state index contributed by atoms with van der Waals surface area (Å²) in [6.07, 6.45) is 5.35. The number of methoxy groups -OCH3 is 2. The van der Waals surface area contributed by atoms with Gasteiger partial charge in [-0.2, -0.15) is 4.52 Å². The molecule has 32 heavy (non-hydrogen) atoms. The fraction of sp³-hybridized carbons (Fsp3) is 0.364. The Bertz CT molecular complexity index is 1250. The highest BCUT2D eigenvalue weighted by molar-refractivity contribution is 14.1. The summed E-state index contributed by atoms with van der Waals surface area (Å²) in [6.45, 7) is 2.45. The van der Waals surface area contributed by atoms with Gasteiger partial charge in [0.15, 0.2) is 11.5 Å². The van der Waals surface area contributed by atoms with Crippen LogP contribution in [-0.2, 0) is 6.54 Å². The highest BCUT2D eigenvalue weighted by Crippen LogP contribution is 2.40. The van der Waals surface area contributed by atoms with Crippen LogP contribution in [0.3, 0.4) is 0 Å². The number of aromatic nitrogens is 5. The minimum absolute atomic E-state index is 0.385. The molecule has 1 aliphatic carbocycles. The van der Waals surface area contributed by atoms with E-state index in [4.69, 9.17) is 29.0 Å². The number of halogens is 1. The zero-order chi connectivity index (χ0) is 22.2. The molecule has 9 nitrogen and oxygen atoms in total. The van der Waals surface area contributed by atoms with Crippen LogP contribution in [0.2, 0.25) is 0 Å². The lowest BCUT2D eigenvalue weighted by Gasteiger charge is -2.28. The summed E-state index contributed by atoms with van der Waals surface area (Å²) < 4.78 is 18.8. The van der Waals surface area contributed by atoms with E-state index in [0.717, 1.165) is 46.9 Å². The first-order valence-electron chi connectivity index (χ1n) is 10.3. The number of oxazole rings is 1. The SMILES string of the molecule is COc1ccc(CNc2nc(-c3ncco3)c(C)c3nc(C4CC(I)C4)nn23)c(OC)c1. The van der Waals surface area contributed by atoms with Gasteiger partial charge in [-0.25, -0.2) is 15.0 Å². The highest BCUT2D eigenvalue weighted by Gasteiger charge is 2.32. The summed E-state index contributed by atoms with van der Waals surface area (Å²) in [5.41, 5.74) is 3.24. The van der Waals surface area contributed by atoms with E-state index in [1.165, 1.54) is 0 Å². The van der Waals surface area contributed by atoms with Crippen molar-refractivity contribution in [2.45, 2.75) is 36.2 Å². The molecule has 0 amide bonds. The Morgan fingerprint density at radius 3 is 2.75 bits per heavy atom. The predicted octanol–water partition coefficient (Wildman–Crippen LogP) is 4.40. The summed E-state index contributed by atoms with van der Waals surface area (Å²) in [5, 5.41) is 8.21. The molecule has 0 aliphatic heterocycles. The monoisotopic (exact) mass is 546 g/mol. The summed E-state index contributed by atoms with van der Waals surface area (Å²) in [6, 6.07) is 5.73. The second-order valence-electron chi connectivity index (χ2n) is 7.75. The van der Waals surface area contributed by atoms with Gasteiger partial charge in [-0.15, -0.1) is 5.10 Å². The number of fused-ring (bicyclic) bond motifs is 1. The van der Waals surface area contributed by atoms with E-state index in [0.29, 0.717) is 33.9 Å². The van der Waals surface area contributed by atoms with E-state index in [1.54, 1.807) is 31.2 Å². The Morgan fingerprint density at radius 2 is 2.06 bits per heavy atom. The third kappa shape index (κ3) is 3.76. The normalized spacial score (nSPS) is 17.9. The van der Waals surface area contributed by atoms with Gasteiger partial charge in [-0.1, -0.05) is 22.6 Å². The molecule has 1 fully saturated rings. The number of rotatable bonds is 7. The van der Waals surface area contributed by atoms with Crippen LogP contribution in [0.5, 0.6) is 11.5 Å². The van der Waals surface area contributed by atoms with Crippen molar-refractivity contribution in [2.24, 2.45) is 0 Å². The molecule has 1 N–H and O–H groups in total. The molecular weight excluding hydrogens is 523 g/mol. The molecular formula is C22H23IN6O3. The first-order valence-corrected chi connectivity index (χ1v) is 11.6. The van der Waals surface area contributed by atoms with Crippen LogP contribution < -0.4 is 14.8 Å². The van der Waals surface area contributed by atoms with Crippen LogP contribution in [0.4, 0.5) is 5.95 Å². The molecule has 4 aromatic rings. The zero-order valence-corrected chi connectivity index (χ0v) is 20.2. The molecule has 0 saturated heterocycles. The number of nitrogens with zero attached hydrogens (tertiary/aromatic N) is 5. The first-order chi connectivity index (χ1) is 15.6. The second-order valence-corrected chi connectivity index (χ2v) is 9.51. The molecule has 10 heteroatoms. The van der Waals surface area contributed by atoms with Crippen molar-refractivity contribution in [3.05, 3.63) is 47.6 Å². The molecule has 3 heterocycles. The maximum absolute atomic E-state index is 5.54. The van der Waals surface area contributed by atoms with Crippen LogP contribution >= 0.6 is 22.6 Å². The van der Waals surface area contributed by atoms with Crippen LogP contribution in [0, 0.1) is 6.92 Å². The van der Waals surface area contributed by atoms with Crippen LogP contribution in [-0.4, -0.2) is 42.7 Å². The van der Waals surface area contributed by atoms with Gasteiger partial charge < -0.3 is 19.2 Å². The van der Waals surface area contributed by atoms with Crippen molar-refractivity contribution in [1.82, 2.24) is 24.6 Å². The lowest BCUT2D eigenvalue weighted by atomic mass is 9.85. The molecule has 0 unspecified atom stereocenters. The van der Waals surface area contributed by atoms with Crippen molar-refractivity contribution in [2.75, 3.05) is 19.5 Å². The Kier molecular flexibility index (Phi) is 5.62. The average Bonchev–Trinajstić information content (AvgIpc) is 3.47. The second kappa shape index (κ2) is 8.57. The third-order valence-corrected chi connectivity index (χ3v) is 6.76. The Hall–Kier alpha value is -2.89. The van der Waals surface area contributed by atoms with Gasteiger partial charge in [-0.3, -0.25) is 0 Å². The maximum Gasteiger partial charge on any atom is 0.245 e. The highest BCUT2D eigenvalue weighted by atomic mass is 127. The standard InChI is InChI=1S/C22H23IN6O3/c1-12-18(21-24-6-7-32-21)26-22(25-11-13-4-5-16(30-2)10-17(13)31-3)29-20(12)27-19(28-29)14-8-15(23)9-14/h4-7,10,14-15H,8-9,11H2,1-3H3,(H,25,26). The Morgan fingerprint density at radius 1 is 1.22 bits per heavy atom. The number of alkyl halides is 1. The molecule has 5 rings (SSSR count). The Labute approximate surface area is 198 Å². The van der Waals surface area contributed by atoms with Crippen molar-refractivity contribution in [1.29, 1.82) is 0 Å². The van der Waals surface area contributed by atoms with E-state index in [9.17, 15) is 0 Å². The summed E-state index contributed by atoms with van der Waals surface area (Å²) in [4.78, 5) is 14.0. The molecule has 0 atom stereocenters. The molecule has 3 aromatic heterocycles. The summed E-state index contributed by atoms with van der Waals surface area (Å²) in [7, 11) is 3.28. The number of hydrogen-bond acceptors (Lipinski definition) is 8. The van der Waals surface area contributed by atoms with E-state index in [2.05, 4.69) is 32.9 Å². The van der Waals surface area contributed by atoms with Gasteiger partial charge in [0.05, 0.1) is 20.4 Å². The molecule has 1 saturated carbocycles. The van der Waals surface area contributed by atoms with Gasteiger partial charge >= 0.3 is 0 Å². The van der Waals surface area contributed by atoms with Crippen LogP contribution in [0.1, 0.15) is 35.7 Å². The third-order valence-electron chi connectivity index (χ3n) is 5.74. The predicted molar refractivity (Wildman–Crippen MR) is 128 cm³/mol. The quantitative estimate of drug-likeness (QED) is 0.269. The number of nitrogens with one attached hydrogen (secondary N) is 1. The van der Waals surface area contributed by atoms with Crippen molar-refractivity contribution < 1.29 is 13.9 Å². The van der Waals surface area contributed by atoms with Gasteiger partial charge in [0.1, 0.15) is 23.5 Å². The number of hydrogen-bond donors (Lipinski definition) is 1. The number of anilines is 1. The zero-order valence-electron chi connectivity index (χ0n) is 18.0. The van der Waals surface area contributed by atoms with Gasteiger partial charge in [0, 0.05) is 33.6 Å². The van der Waals surface area contributed by atoms with E-state index >= 15 is 0 Å². The number of aryl methyl sites for hydroxylation is 1. The lowest BCUT2D eigenvalue weighted by Crippen LogP contribution is -2.22. The largest absolute Gasteiger partial charge is 0.497 e. The first kappa shape index (κ1) is 21.0. The number of ether oxygens (including phenoxy) is 2. The topological polar surface area (TPSA) is 99.6 Å². The van der Waals surface area contributed by atoms with Crippen molar-refractivity contribution in [3.63, 3.8) is 0 Å². The van der Waals surface area contributed by atoms with Crippen LogP contribution in [0.25, 0.3) is 17.2 Å². The summed E-state index contributed by atoms with van der Waals surface area (Å²) in [5.74, 6) is 3.74. The van der Waals surface area contributed by atoms with Gasteiger partial charge in [-0.05, 0) is 31.9 Å². The maximum atomic E-state index is 5.54. The fourth-order valence-corrected chi connectivity index (χ4v) is 5.06. The fourth-order valence-electron chi connectivity index (χ4n) is 3.83. The van der Waals surface area contributed by atoms with E-state index in [1.807, 2.05) is 25.1 Å². The lowest BCUT2D eigenvalue weighted by molar-refractivity contribution is 0.391. The van der Waals surface area contributed by atoms with Crippen molar-refractivity contribution >= 4 is 34.2 Å². The molecule has 1 aromatic carbocycles. The molecule has 0 bridgehead atoms. The molecule has 0 radical (unpaired) electrons. The van der Waals surface area contributed by atoms with Crippen LogP contribution in [0.15, 0.2) is 35.1 Å². The van der Waals surface area contributed by atoms with E-state index in [-0.39, 0.29) is 0 Å². The van der Waals surface area contributed by atoms with Gasteiger partial charge in [0.2, 0.25) is 11.8 Å². The summed E-state index contributed by atoms with van der Waals surface area (Å²) >= 11 is 2.48. The Balaban J connectivity index is 1.54. The van der Waals surface area contributed by atoms with E-state index < -0.39 is 0 Å². The average molecular weight is 546 g/mol. The molecule has 1 aliphatic rings. The molecule has 0 spiro atoms. The minimum Gasteiger partial charge on any atom is -0.497 e. The smallest absolute Gasteiger partial charge is 0.245 e. The number of benzene rings is 1. The van der Waals surface area contributed by atoms with Gasteiger partial charge in [0.25, 0.3) is 0 Å².